The summed E-state index contributed by atoms with van der Waals surface area (Å²) in [5.41, 5.74) is 20.9. The molecule has 4 saturated carbocycles. The molecule has 0 spiro atoms. The molecule has 0 unspecified atom stereocenters. The van der Waals surface area contributed by atoms with Crippen LogP contribution in [0.3, 0.4) is 0 Å². The van der Waals surface area contributed by atoms with E-state index < -0.39 is 0 Å². The summed E-state index contributed by atoms with van der Waals surface area (Å²) >= 11 is 19.8. The molecular formula is C34H32Cl3N3O3. The average Bonchev–Trinajstić information content (AvgIpc) is 2.95. The molecule has 4 bridgehead atoms. The van der Waals surface area contributed by atoms with Crippen molar-refractivity contribution in [2.75, 3.05) is 17.2 Å². The van der Waals surface area contributed by atoms with E-state index in [9.17, 15) is 0 Å². The monoisotopic (exact) mass is 635 g/mol. The van der Waals surface area contributed by atoms with Gasteiger partial charge in [-0.2, -0.15) is 0 Å². The maximum atomic E-state index is 6.77. The van der Waals surface area contributed by atoms with Crippen LogP contribution >= 0.6 is 34.8 Å². The van der Waals surface area contributed by atoms with Crippen LogP contribution < -0.4 is 31.4 Å². The van der Waals surface area contributed by atoms with Gasteiger partial charge in [-0.1, -0.05) is 40.9 Å². The summed E-state index contributed by atoms with van der Waals surface area (Å²) in [4.78, 5) is 0. The molecule has 6 N–H and O–H groups in total. The van der Waals surface area contributed by atoms with E-state index in [4.69, 9.17) is 66.2 Å². The van der Waals surface area contributed by atoms with E-state index in [-0.39, 0.29) is 5.41 Å². The van der Waals surface area contributed by atoms with Crippen LogP contribution in [0.15, 0.2) is 66.7 Å². The fraction of sp³-hybridized carbons (Fsp3) is 0.294. The van der Waals surface area contributed by atoms with E-state index in [0.29, 0.717) is 84.4 Å². The van der Waals surface area contributed by atoms with Crippen molar-refractivity contribution in [1.82, 2.24) is 0 Å². The molecule has 0 saturated heterocycles. The quantitative estimate of drug-likeness (QED) is 0.174. The lowest BCUT2D eigenvalue weighted by atomic mass is 9.48. The maximum absolute atomic E-state index is 6.77. The summed E-state index contributed by atoms with van der Waals surface area (Å²) < 4.78 is 19.8. The van der Waals surface area contributed by atoms with Gasteiger partial charge in [-0.25, -0.2) is 0 Å². The third kappa shape index (κ3) is 5.41. The SMILES string of the molecule is Nc1ccc(Cl)c(Oc2ccc(C34CC5CC(CC(C5)C3)C4)c(Oc3cc(N)ccc3Cl)c2Oc2cc(N)ccc2Cl)c1. The van der Waals surface area contributed by atoms with E-state index >= 15 is 0 Å². The highest BCUT2D eigenvalue weighted by Crippen LogP contribution is 2.64. The van der Waals surface area contributed by atoms with Crippen molar-refractivity contribution in [1.29, 1.82) is 0 Å². The van der Waals surface area contributed by atoms with Crippen LogP contribution in [-0.2, 0) is 5.41 Å². The number of halogens is 3. The highest BCUT2D eigenvalue weighted by Gasteiger charge is 2.53. The molecule has 0 aromatic heterocycles. The Balaban J connectivity index is 1.45. The topological polar surface area (TPSA) is 106 Å². The van der Waals surface area contributed by atoms with E-state index in [0.717, 1.165) is 24.8 Å². The first-order chi connectivity index (χ1) is 20.7. The number of hydrogen-bond donors (Lipinski definition) is 3. The minimum atomic E-state index is -0.0676. The standard InChI is InChI=1S/C34H32Cl3N3O3/c35-25-5-1-21(38)12-29(25)41-28-8-4-24(34-15-18-9-19(16-34)11-20(10-18)17-34)32(42-30-13-22(39)2-6-26(30)36)33(28)43-31-14-23(40)3-7-27(31)37/h1-8,12-14,18-20H,9-11,15-17,38-40H2. The van der Waals surface area contributed by atoms with Crippen LogP contribution in [0.4, 0.5) is 17.1 Å². The van der Waals surface area contributed by atoms with Crippen molar-refractivity contribution in [2.45, 2.75) is 43.9 Å². The fourth-order valence-corrected chi connectivity index (χ4v) is 8.28. The number of nitrogen functional groups attached to an aromatic ring is 3. The smallest absolute Gasteiger partial charge is 0.212 e. The molecule has 0 amide bonds. The van der Waals surface area contributed by atoms with Gasteiger partial charge in [0.05, 0.1) is 15.1 Å². The molecule has 4 aromatic carbocycles. The zero-order valence-corrected chi connectivity index (χ0v) is 25.7. The Morgan fingerprint density at radius 3 is 1.40 bits per heavy atom. The summed E-state index contributed by atoms with van der Waals surface area (Å²) in [5, 5.41) is 1.20. The summed E-state index contributed by atoms with van der Waals surface area (Å²) in [5.74, 6) is 4.45. The molecule has 4 aromatic rings. The normalized spacial score (nSPS) is 23.7. The molecule has 9 heteroatoms. The van der Waals surface area contributed by atoms with Crippen LogP contribution in [0.25, 0.3) is 0 Å². The molecule has 4 fully saturated rings. The van der Waals surface area contributed by atoms with Crippen molar-refractivity contribution in [3.05, 3.63) is 87.4 Å². The van der Waals surface area contributed by atoms with Gasteiger partial charge < -0.3 is 31.4 Å². The van der Waals surface area contributed by atoms with Gasteiger partial charge in [-0.05, 0) is 104 Å². The Morgan fingerprint density at radius 2 is 0.930 bits per heavy atom. The fourth-order valence-electron chi connectivity index (χ4n) is 7.81. The first-order valence-electron chi connectivity index (χ1n) is 14.5. The number of nitrogens with two attached hydrogens (primary N) is 3. The summed E-state index contributed by atoms with van der Waals surface area (Å²) in [6.07, 6.45) is 7.19. The Bertz CT molecular complexity index is 1690. The number of ether oxygens (including phenoxy) is 3. The third-order valence-electron chi connectivity index (χ3n) is 9.20. The lowest BCUT2D eigenvalue weighted by Gasteiger charge is -2.57. The van der Waals surface area contributed by atoms with Crippen LogP contribution in [0.1, 0.15) is 44.1 Å². The average molecular weight is 637 g/mol. The zero-order chi connectivity index (χ0) is 29.9. The van der Waals surface area contributed by atoms with Crippen molar-refractivity contribution >= 4 is 51.9 Å². The van der Waals surface area contributed by atoms with Gasteiger partial charge in [-0.15, -0.1) is 0 Å². The van der Waals surface area contributed by atoms with Gasteiger partial charge in [0.2, 0.25) is 5.75 Å². The number of benzene rings is 4. The lowest BCUT2D eigenvalue weighted by Crippen LogP contribution is -2.48. The molecule has 8 rings (SSSR count). The highest BCUT2D eigenvalue weighted by atomic mass is 35.5. The Kier molecular flexibility index (Phi) is 7.19. The zero-order valence-electron chi connectivity index (χ0n) is 23.4. The highest BCUT2D eigenvalue weighted by molar-refractivity contribution is 6.32. The van der Waals surface area contributed by atoms with Crippen LogP contribution in [-0.4, -0.2) is 0 Å². The molecule has 222 valence electrons. The molecule has 0 aliphatic heterocycles. The van der Waals surface area contributed by atoms with Crippen LogP contribution in [0.2, 0.25) is 15.1 Å². The Labute approximate surface area is 266 Å². The Hall–Kier alpha value is -3.45. The first-order valence-corrected chi connectivity index (χ1v) is 15.7. The number of anilines is 3. The Morgan fingerprint density at radius 1 is 0.512 bits per heavy atom. The third-order valence-corrected chi connectivity index (χ3v) is 10.1. The van der Waals surface area contributed by atoms with Gasteiger partial charge in [0.15, 0.2) is 11.5 Å². The number of hydrogen-bond acceptors (Lipinski definition) is 6. The van der Waals surface area contributed by atoms with Crippen LogP contribution in [0, 0.1) is 17.8 Å². The van der Waals surface area contributed by atoms with Gasteiger partial charge >= 0.3 is 0 Å². The van der Waals surface area contributed by atoms with Gasteiger partial charge in [0.25, 0.3) is 0 Å². The second-order valence-electron chi connectivity index (χ2n) is 12.3. The largest absolute Gasteiger partial charge is 0.452 e. The predicted octanol–water partition coefficient (Wildman–Crippen LogP) is 10.2. The predicted molar refractivity (Wildman–Crippen MR) is 174 cm³/mol. The van der Waals surface area contributed by atoms with Gasteiger partial charge in [0, 0.05) is 40.8 Å². The van der Waals surface area contributed by atoms with Crippen molar-refractivity contribution in [3.63, 3.8) is 0 Å². The summed E-state index contributed by atoms with van der Waals surface area (Å²) in [6, 6.07) is 19.3. The second-order valence-corrected chi connectivity index (χ2v) is 13.6. The molecule has 6 nitrogen and oxygen atoms in total. The molecule has 0 radical (unpaired) electrons. The van der Waals surface area contributed by atoms with Crippen molar-refractivity contribution < 1.29 is 14.2 Å². The minimum absolute atomic E-state index is 0.0676. The maximum Gasteiger partial charge on any atom is 0.212 e. The van der Waals surface area contributed by atoms with Gasteiger partial charge in [-0.3, -0.25) is 0 Å². The molecule has 0 atom stereocenters. The second kappa shape index (κ2) is 10.9. The number of rotatable bonds is 7. The molecule has 43 heavy (non-hydrogen) atoms. The first kappa shape index (κ1) is 28.3. The van der Waals surface area contributed by atoms with E-state index in [2.05, 4.69) is 6.07 Å². The van der Waals surface area contributed by atoms with Gasteiger partial charge in [0.1, 0.15) is 17.2 Å². The van der Waals surface area contributed by atoms with E-state index in [1.54, 1.807) is 54.6 Å². The molecule has 4 aliphatic rings. The minimum Gasteiger partial charge on any atom is -0.452 e. The van der Waals surface area contributed by atoms with E-state index in [1.165, 1.54) is 19.3 Å². The van der Waals surface area contributed by atoms with Crippen LogP contribution in [0.5, 0.6) is 34.5 Å². The summed E-state index contributed by atoms with van der Waals surface area (Å²) in [7, 11) is 0. The van der Waals surface area contributed by atoms with E-state index in [1.807, 2.05) is 6.07 Å². The van der Waals surface area contributed by atoms with Crippen molar-refractivity contribution in [2.24, 2.45) is 17.8 Å². The lowest BCUT2D eigenvalue weighted by molar-refractivity contribution is -0.00610. The molecular weight excluding hydrogens is 605 g/mol. The van der Waals surface area contributed by atoms with Crippen molar-refractivity contribution in [3.8, 4) is 34.5 Å². The molecule has 0 heterocycles. The molecule has 4 aliphatic carbocycles. The summed E-state index contributed by atoms with van der Waals surface area (Å²) in [6.45, 7) is 0.